The quantitative estimate of drug-likeness (QED) is 0.265. The van der Waals surface area contributed by atoms with Crippen molar-refractivity contribution in [1.29, 1.82) is 0 Å². The standard InChI is InChI=1S/C34H35NO6/c1-23(36)40-22-32(37)34(16-5-17-35-34)29-13-12-26-19-28(11-10-27(26)20-29)30-18-24(9-15-33(38)39-2)8-14-31(30)41-21-25-6-3-4-7-25/h5,8,10-14,16-20,25H,3-4,6-7,9,15,21-22H2,1-2H3. The second-order valence-electron chi connectivity index (χ2n) is 10.8. The van der Waals surface area contributed by atoms with Gasteiger partial charge in [0.05, 0.1) is 13.7 Å². The van der Waals surface area contributed by atoms with Gasteiger partial charge in [-0.3, -0.25) is 19.4 Å². The highest BCUT2D eigenvalue weighted by atomic mass is 16.5. The van der Waals surface area contributed by atoms with Crippen LogP contribution in [0.15, 0.2) is 71.7 Å². The first-order valence-electron chi connectivity index (χ1n) is 14.1. The van der Waals surface area contributed by atoms with Crippen molar-refractivity contribution in [3.63, 3.8) is 0 Å². The number of Topliss-reactive ketones (excluding diaryl/α,β-unsaturated/α-hetero) is 1. The first-order valence-corrected chi connectivity index (χ1v) is 14.1. The van der Waals surface area contributed by atoms with Crippen molar-refractivity contribution < 1.29 is 28.6 Å². The first kappa shape index (κ1) is 28.3. The van der Waals surface area contributed by atoms with E-state index in [9.17, 15) is 14.4 Å². The normalized spacial score (nSPS) is 18.1. The molecule has 7 nitrogen and oxygen atoms in total. The highest BCUT2D eigenvalue weighted by molar-refractivity contribution is 5.99. The van der Waals surface area contributed by atoms with Crippen molar-refractivity contribution in [2.75, 3.05) is 20.3 Å². The Hall–Kier alpha value is -4.26. The van der Waals surface area contributed by atoms with Gasteiger partial charge in [0.1, 0.15) is 5.75 Å². The van der Waals surface area contributed by atoms with Crippen LogP contribution in [0, 0.1) is 5.92 Å². The molecule has 0 aromatic heterocycles. The predicted molar refractivity (Wildman–Crippen MR) is 158 cm³/mol. The van der Waals surface area contributed by atoms with E-state index in [1.807, 2.05) is 36.4 Å². The summed E-state index contributed by atoms with van der Waals surface area (Å²) in [7, 11) is 1.40. The molecule has 1 fully saturated rings. The molecule has 3 aromatic carbocycles. The van der Waals surface area contributed by atoms with E-state index in [0.717, 1.165) is 33.2 Å². The molecule has 0 N–H and O–H groups in total. The van der Waals surface area contributed by atoms with Crippen LogP contribution in [0.5, 0.6) is 5.75 Å². The van der Waals surface area contributed by atoms with Gasteiger partial charge in [0.2, 0.25) is 5.78 Å². The molecule has 0 spiro atoms. The molecule has 1 aliphatic carbocycles. The topological polar surface area (TPSA) is 91.3 Å². The minimum Gasteiger partial charge on any atom is -0.493 e. The van der Waals surface area contributed by atoms with Crippen LogP contribution in [-0.4, -0.2) is 44.3 Å². The van der Waals surface area contributed by atoms with Gasteiger partial charge in [-0.1, -0.05) is 43.2 Å². The minimum atomic E-state index is -1.21. The molecule has 1 unspecified atom stereocenters. The van der Waals surface area contributed by atoms with Crippen LogP contribution in [-0.2, 0) is 35.8 Å². The molecule has 1 atom stereocenters. The smallest absolute Gasteiger partial charge is 0.305 e. The number of ketones is 1. The Kier molecular flexibility index (Phi) is 8.62. The number of benzene rings is 3. The Balaban J connectivity index is 1.46. The molecule has 7 heteroatoms. The summed E-state index contributed by atoms with van der Waals surface area (Å²) in [6.07, 6.45) is 10.9. The Morgan fingerprint density at radius 3 is 2.49 bits per heavy atom. The lowest BCUT2D eigenvalue weighted by Crippen LogP contribution is -2.34. The molecule has 0 saturated heterocycles. The number of nitrogens with zero attached hydrogens (tertiary/aromatic N) is 1. The van der Waals surface area contributed by atoms with Crippen molar-refractivity contribution in [3.8, 4) is 16.9 Å². The average Bonchev–Trinajstić information content (AvgIpc) is 3.71. The summed E-state index contributed by atoms with van der Waals surface area (Å²) >= 11 is 0. The van der Waals surface area contributed by atoms with E-state index in [4.69, 9.17) is 14.2 Å². The fourth-order valence-corrected chi connectivity index (χ4v) is 5.63. The predicted octanol–water partition coefficient (Wildman–Crippen LogP) is 6.15. The second-order valence-corrected chi connectivity index (χ2v) is 10.8. The third kappa shape index (κ3) is 6.40. The molecule has 2 aliphatic rings. The molecular weight excluding hydrogens is 518 g/mol. The van der Waals surface area contributed by atoms with Crippen molar-refractivity contribution in [3.05, 3.63) is 77.9 Å². The molecule has 1 aliphatic heterocycles. The maximum absolute atomic E-state index is 13.1. The maximum Gasteiger partial charge on any atom is 0.305 e. The molecule has 0 bridgehead atoms. The summed E-state index contributed by atoms with van der Waals surface area (Å²) in [5.41, 5.74) is 2.52. The number of hydrogen-bond donors (Lipinski definition) is 0. The summed E-state index contributed by atoms with van der Waals surface area (Å²) in [6, 6.07) is 18.2. The van der Waals surface area contributed by atoms with Gasteiger partial charge in [-0.2, -0.15) is 0 Å². The number of methoxy groups -OCH3 is 1. The molecule has 212 valence electrons. The molecule has 0 amide bonds. The van der Waals surface area contributed by atoms with E-state index in [-0.39, 0.29) is 18.4 Å². The van der Waals surface area contributed by atoms with Crippen LogP contribution in [0.2, 0.25) is 0 Å². The van der Waals surface area contributed by atoms with Gasteiger partial charge >= 0.3 is 11.9 Å². The molecular formula is C34H35NO6. The number of esters is 2. The van der Waals surface area contributed by atoms with E-state index < -0.39 is 11.5 Å². The number of aliphatic imine (C=N–C) groups is 1. The average molecular weight is 554 g/mol. The fourth-order valence-electron chi connectivity index (χ4n) is 5.63. The van der Waals surface area contributed by atoms with Crippen molar-refractivity contribution in [2.45, 2.75) is 51.0 Å². The zero-order valence-corrected chi connectivity index (χ0v) is 23.6. The minimum absolute atomic E-state index is 0.236. The van der Waals surface area contributed by atoms with E-state index >= 15 is 0 Å². The fraction of sp³-hybridized carbons (Fsp3) is 0.353. The van der Waals surface area contributed by atoms with Crippen molar-refractivity contribution in [2.24, 2.45) is 10.9 Å². The van der Waals surface area contributed by atoms with Gasteiger partial charge in [-0.25, -0.2) is 0 Å². The number of carbonyl (C=O) groups is 3. The monoisotopic (exact) mass is 553 g/mol. The Morgan fingerprint density at radius 1 is 0.976 bits per heavy atom. The number of rotatable bonds is 11. The van der Waals surface area contributed by atoms with Crippen molar-refractivity contribution >= 4 is 34.7 Å². The molecule has 41 heavy (non-hydrogen) atoms. The third-order valence-corrected chi connectivity index (χ3v) is 7.96. The van der Waals surface area contributed by atoms with Gasteiger partial charge in [0, 0.05) is 25.1 Å². The molecule has 0 radical (unpaired) electrons. The lowest BCUT2D eigenvalue weighted by molar-refractivity contribution is -0.146. The Morgan fingerprint density at radius 2 is 1.76 bits per heavy atom. The third-order valence-electron chi connectivity index (χ3n) is 7.96. The van der Waals surface area contributed by atoms with E-state index in [1.165, 1.54) is 39.7 Å². The van der Waals surface area contributed by atoms with Crippen LogP contribution < -0.4 is 4.74 Å². The van der Waals surface area contributed by atoms with Gasteiger partial charge in [0.15, 0.2) is 12.1 Å². The second kappa shape index (κ2) is 12.5. The zero-order valence-electron chi connectivity index (χ0n) is 23.6. The number of hydrogen-bond acceptors (Lipinski definition) is 7. The van der Waals surface area contributed by atoms with Gasteiger partial charge < -0.3 is 14.2 Å². The Labute approximate surface area is 240 Å². The number of ether oxygens (including phenoxy) is 3. The summed E-state index contributed by atoms with van der Waals surface area (Å²) in [4.78, 5) is 40.6. The summed E-state index contributed by atoms with van der Waals surface area (Å²) in [6.45, 7) is 1.63. The summed E-state index contributed by atoms with van der Waals surface area (Å²) in [5.74, 6) is 0.364. The van der Waals surface area contributed by atoms with E-state index in [2.05, 4.69) is 23.2 Å². The molecule has 5 rings (SSSR count). The van der Waals surface area contributed by atoms with Crippen LogP contribution in [0.4, 0.5) is 0 Å². The highest BCUT2D eigenvalue weighted by Gasteiger charge is 2.39. The summed E-state index contributed by atoms with van der Waals surface area (Å²) in [5, 5.41) is 1.96. The van der Waals surface area contributed by atoms with E-state index in [0.29, 0.717) is 30.9 Å². The van der Waals surface area contributed by atoms with Crippen LogP contribution in [0.3, 0.4) is 0 Å². The van der Waals surface area contributed by atoms with Crippen molar-refractivity contribution in [1.82, 2.24) is 0 Å². The van der Waals surface area contributed by atoms with Gasteiger partial charge in [0.25, 0.3) is 0 Å². The maximum atomic E-state index is 13.1. The molecule has 3 aromatic rings. The van der Waals surface area contributed by atoms with Gasteiger partial charge in [-0.15, -0.1) is 0 Å². The number of allylic oxidation sites excluding steroid dienone is 1. The number of fused-ring (bicyclic) bond motifs is 1. The van der Waals surface area contributed by atoms with Gasteiger partial charge in [-0.05, 0) is 89.1 Å². The number of carbonyl (C=O) groups excluding carboxylic acids is 3. The van der Waals surface area contributed by atoms with Crippen LogP contribution in [0.1, 0.15) is 50.2 Å². The molecule has 1 heterocycles. The number of aryl methyl sites for hydroxylation is 1. The Bertz CT molecular complexity index is 1500. The first-order chi connectivity index (χ1) is 19.9. The van der Waals surface area contributed by atoms with Crippen LogP contribution >= 0.6 is 0 Å². The van der Waals surface area contributed by atoms with Crippen LogP contribution in [0.25, 0.3) is 21.9 Å². The summed E-state index contributed by atoms with van der Waals surface area (Å²) < 4.78 is 16.2. The van der Waals surface area contributed by atoms with E-state index in [1.54, 1.807) is 18.4 Å². The largest absolute Gasteiger partial charge is 0.493 e. The molecule has 1 saturated carbocycles. The SMILES string of the molecule is COC(=O)CCc1ccc(OCC2CCCC2)c(-c2ccc3cc(C4(C(=O)COC(C)=O)C=CC=N4)ccc3c2)c1. The lowest BCUT2D eigenvalue weighted by atomic mass is 9.85. The highest BCUT2D eigenvalue weighted by Crippen LogP contribution is 2.37. The lowest BCUT2D eigenvalue weighted by Gasteiger charge is -2.23. The zero-order chi connectivity index (χ0) is 28.8.